The fourth-order valence-corrected chi connectivity index (χ4v) is 1.00. The van der Waals surface area contributed by atoms with Crippen LogP contribution in [0, 0.1) is 0 Å². The minimum absolute atomic E-state index is 0.0135. The Morgan fingerprint density at radius 1 is 1.08 bits per heavy atom. The lowest BCUT2D eigenvalue weighted by atomic mass is 10.4. The van der Waals surface area contributed by atoms with Crippen molar-refractivity contribution < 1.29 is 0 Å². The maximum Gasteiger partial charge on any atom is 0.326 e. The molecule has 0 spiro atoms. The molecule has 2 heterocycles. The van der Waals surface area contributed by atoms with Gasteiger partial charge in [-0.15, -0.1) is 0 Å². The lowest BCUT2D eigenvalue weighted by Crippen LogP contribution is -2.26. The number of hydrogen-bond acceptors (Lipinski definition) is 4. The number of hydrogen-bond donors (Lipinski definition) is 3. The Balaban J connectivity index is 3.22. The molecule has 0 fully saturated rings. The molecule has 0 atom stereocenters. The summed E-state index contributed by atoms with van der Waals surface area (Å²) in [6.45, 7) is 0. The Hall–Kier alpha value is -2.18. The number of nitrogens with one attached hydrogen (secondary N) is 3. The van der Waals surface area contributed by atoms with E-state index in [1.165, 1.54) is 0 Å². The second kappa shape index (κ2) is 2.41. The van der Waals surface area contributed by atoms with E-state index in [1.807, 2.05) is 4.98 Å². The predicted octanol–water partition coefficient (Wildman–Crippen LogP) is -1.70. The molecule has 0 aliphatic carbocycles. The summed E-state index contributed by atoms with van der Waals surface area (Å²) < 4.78 is 0. The zero-order chi connectivity index (χ0) is 9.42. The molecule has 0 aliphatic rings. The third-order valence-electron chi connectivity index (χ3n) is 1.55. The predicted molar refractivity (Wildman–Crippen MR) is 43.6 cm³/mol. The van der Waals surface area contributed by atoms with E-state index in [2.05, 4.69) is 15.0 Å². The van der Waals surface area contributed by atoms with Gasteiger partial charge >= 0.3 is 5.69 Å². The largest absolute Gasteiger partial charge is 0.340 e. The standard InChI is InChI=1S/C6H4N4O3/c11-4-3-2(7-1-8-4)5(12)10-6(13)9-3/h1H,(H,7,8,11)(H2,9,10,12,13). The molecule has 2 rings (SSSR count). The summed E-state index contributed by atoms with van der Waals surface area (Å²) in [6.07, 6.45) is 1.10. The minimum Gasteiger partial charge on any atom is -0.340 e. The molecule has 0 saturated carbocycles. The van der Waals surface area contributed by atoms with Crippen molar-refractivity contribution in [2.24, 2.45) is 0 Å². The summed E-state index contributed by atoms with van der Waals surface area (Å²) in [7, 11) is 0. The highest BCUT2D eigenvalue weighted by molar-refractivity contribution is 5.70. The lowest BCUT2D eigenvalue weighted by molar-refractivity contribution is 1.04. The molecule has 2 aromatic heterocycles. The molecule has 13 heavy (non-hydrogen) atoms. The first kappa shape index (κ1) is 7.47. The van der Waals surface area contributed by atoms with Crippen molar-refractivity contribution in [3.8, 4) is 0 Å². The van der Waals surface area contributed by atoms with Crippen molar-refractivity contribution in [1.82, 2.24) is 19.9 Å². The van der Waals surface area contributed by atoms with Crippen LogP contribution in [0.25, 0.3) is 11.0 Å². The van der Waals surface area contributed by atoms with E-state index in [-0.39, 0.29) is 11.0 Å². The first-order valence-corrected chi connectivity index (χ1v) is 3.38. The molecule has 0 amide bonds. The van der Waals surface area contributed by atoms with Crippen LogP contribution < -0.4 is 16.8 Å². The van der Waals surface area contributed by atoms with Crippen molar-refractivity contribution in [3.05, 3.63) is 37.5 Å². The van der Waals surface area contributed by atoms with Gasteiger partial charge in [0, 0.05) is 0 Å². The van der Waals surface area contributed by atoms with E-state index in [9.17, 15) is 14.4 Å². The topological polar surface area (TPSA) is 111 Å². The number of fused-ring (bicyclic) bond motifs is 1. The Labute approximate surface area is 69.5 Å². The molecular weight excluding hydrogens is 176 g/mol. The summed E-state index contributed by atoms with van der Waals surface area (Å²) in [5.41, 5.74) is -2.11. The second-order valence-electron chi connectivity index (χ2n) is 2.37. The molecule has 0 aromatic carbocycles. The third kappa shape index (κ3) is 1.06. The van der Waals surface area contributed by atoms with E-state index in [1.54, 1.807) is 0 Å². The molecule has 0 saturated heterocycles. The van der Waals surface area contributed by atoms with Gasteiger partial charge in [-0.25, -0.2) is 4.79 Å². The average molecular weight is 180 g/mol. The number of aromatic nitrogens is 4. The second-order valence-corrected chi connectivity index (χ2v) is 2.37. The van der Waals surface area contributed by atoms with Gasteiger partial charge in [0.25, 0.3) is 11.1 Å². The fourth-order valence-electron chi connectivity index (χ4n) is 1.00. The number of aromatic amines is 3. The van der Waals surface area contributed by atoms with Gasteiger partial charge in [0.15, 0.2) is 0 Å². The van der Waals surface area contributed by atoms with Crippen LogP contribution in [0.5, 0.6) is 0 Å². The minimum atomic E-state index is -0.726. The Bertz CT molecular complexity index is 620. The number of nitrogens with zero attached hydrogens (tertiary/aromatic N) is 1. The molecule has 0 aliphatic heterocycles. The van der Waals surface area contributed by atoms with Crippen LogP contribution >= 0.6 is 0 Å². The Morgan fingerprint density at radius 3 is 2.62 bits per heavy atom. The SMILES string of the molecule is O=c1[nH]c(=O)c2[nH]cnc(=O)c2[nH]1. The average Bonchev–Trinajstić information content (AvgIpc) is 2.07. The van der Waals surface area contributed by atoms with Crippen LogP contribution in [0.1, 0.15) is 0 Å². The Morgan fingerprint density at radius 2 is 1.85 bits per heavy atom. The molecule has 0 bridgehead atoms. The maximum absolute atomic E-state index is 11.1. The van der Waals surface area contributed by atoms with Crippen molar-refractivity contribution in [2.75, 3.05) is 0 Å². The van der Waals surface area contributed by atoms with Crippen LogP contribution in [-0.4, -0.2) is 19.9 Å². The van der Waals surface area contributed by atoms with Gasteiger partial charge in [0.1, 0.15) is 11.0 Å². The molecule has 2 aromatic rings. The molecule has 66 valence electrons. The maximum atomic E-state index is 11.1. The highest BCUT2D eigenvalue weighted by Gasteiger charge is 2.03. The van der Waals surface area contributed by atoms with Crippen molar-refractivity contribution >= 4 is 11.0 Å². The van der Waals surface area contributed by atoms with Gasteiger partial charge in [-0.2, -0.15) is 4.98 Å². The quantitative estimate of drug-likeness (QED) is 0.448. The summed E-state index contributed by atoms with van der Waals surface area (Å²) in [5, 5.41) is 0. The van der Waals surface area contributed by atoms with Crippen LogP contribution in [0.3, 0.4) is 0 Å². The van der Waals surface area contributed by atoms with E-state index in [4.69, 9.17) is 0 Å². The highest BCUT2D eigenvalue weighted by atomic mass is 16.2. The van der Waals surface area contributed by atoms with E-state index in [0.717, 1.165) is 6.33 Å². The fraction of sp³-hybridized carbons (Fsp3) is 0. The van der Waals surface area contributed by atoms with Gasteiger partial charge in [0.05, 0.1) is 6.33 Å². The molecule has 7 nitrogen and oxygen atoms in total. The third-order valence-corrected chi connectivity index (χ3v) is 1.55. The van der Waals surface area contributed by atoms with Gasteiger partial charge in [-0.05, 0) is 0 Å². The van der Waals surface area contributed by atoms with Gasteiger partial charge in [-0.3, -0.25) is 14.6 Å². The van der Waals surface area contributed by atoms with Crippen molar-refractivity contribution in [3.63, 3.8) is 0 Å². The van der Waals surface area contributed by atoms with Crippen LogP contribution in [-0.2, 0) is 0 Å². The summed E-state index contributed by atoms with van der Waals surface area (Å²) in [6, 6.07) is 0. The first-order chi connectivity index (χ1) is 6.18. The number of rotatable bonds is 0. The molecular formula is C6H4N4O3. The summed E-state index contributed by atoms with van der Waals surface area (Å²) in [4.78, 5) is 42.8. The molecule has 0 unspecified atom stereocenters. The molecule has 3 N–H and O–H groups in total. The first-order valence-electron chi connectivity index (χ1n) is 3.38. The zero-order valence-corrected chi connectivity index (χ0v) is 6.25. The number of H-pyrrole nitrogens is 3. The highest BCUT2D eigenvalue weighted by Crippen LogP contribution is 1.88. The van der Waals surface area contributed by atoms with Crippen LogP contribution in [0.2, 0.25) is 0 Å². The van der Waals surface area contributed by atoms with Crippen LogP contribution in [0.15, 0.2) is 20.7 Å². The van der Waals surface area contributed by atoms with E-state index >= 15 is 0 Å². The summed E-state index contributed by atoms with van der Waals surface area (Å²) in [5.74, 6) is 0. The molecule has 0 radical (unpaired) electrons. The van der Waals surface area contributed by atoms with E-state index in [0.29, 0.717) is 0 Å². The van der Waals surface area contributed by atoms with Crippen molar-refractivity contribution in [2.45, 2.75) is 0 Å². The lowest BCUT2D eigenvalue weighted by Gasteiger charge is -1.92. The zero-order valence-electron chi connectivity index (χ0n) is 6.25. The van der Waals surface area contributed by atoms with E-state index < -0.39 is 16.8 Å². The van der Waals surface area contributed by atoms with Crippen molar-refractivity contribution in [1.29, 1.82) is 0 Å². The van der Waals surface area contributed by atoms with Gasteiger partial charge in [0.2, 0.25) is 0 Å². The smallest absolute Gasteiger partial charge is 0.326 e. The van der Waals surface area contributed by atoms with Gasteiger partial charge < -0.3 is 9.97 Å². The monoisotopic (exact) mass is 180 g/mol. The molecule has 7 heteroatoms. The summed E-state index contributed by atoms with van der Waals surface area (Å²) >= 11 is 0. The van der Waals surface area contributed by atoms with Crippen LogP contribution in [0.4, 0.5) is 0 Å². The Kier molecular flexibility index (Phi) is 1.38. The van der Waals surface area contributed by atoms with Gasteiger partial charge in [-0.1, -0.05) is 0 Å². The normalized spacial score (nSPS) is 10.5.